The van der Waals surface area contributed by atoms with Crippen LogP contribution in [0.25, 0.3) is 0 Å². The van der Waals surface area contributed by atoms with Crippen LogP contribution < -0.4 is 0 Å². The lowest BCUT2D eigenvalue weighted by Crippen LogP contribution is -2.08. The Morgan fingerprint density at radius 3 is 1.80 bits per heavy atom. The summed E-state index contributed by atoms with van der Waals surface area (Å²) in [5.74, 6) is 0.309. The summed E-state index contributed by atoms with van der Waals surface area (Å²) < 4.78 is 0. The van der Waals surface area contributed by atoms with Crippen molar-refractivity contribution in [3.63, 3.8) is 0 Å². The molecule has 0 saturated heterocycles. The van der Waals surface area contributed by atoms with Gasteiger partial charge in [-0.1, -0.05) is 42.0 Å². The summed E-state index contributed by atoms with van der Waals surface area (Å²) in [4.78, 5) is 19.4. The predicted molar refractivity (Wildman–Crippen MR) is 87.7 cm³/mol. The van der Waals surface area contributed by atoms with Crippen LogP contribution in [0.5, 0.6) is 0 Å². The monoisotopic (exact) mass is 276 g/mol. The highest BCUT2D eigenvalue weighted by atomic mass is 16.1. The lowest BCUT2D eigenvalue weighted by Gasteiger charge is -2.19. The Hall–Kier alpha value is -1.70. The van der Waals surface area contributed by atoms with Gasteiger partial charge in [0.1, 0.15) is 12.6 Å². The molecule has 0 aromatic carbocycles. The lowest BCUT2D eigenvalue weighted by atomic mass is 9.86. The van der Waals surface area contributed by atoms with E-state index >= 15 is 0 Å². The largest absolute Gasteiger partial charge is 0.303 e. The van der Waals surface area contributed by atoms with Crippen molar-refractivity contribution in [2.45, 2.75) is 47.0 Å². The second-order valence-electron chi connectivity index (χ2n) is 5.13. The molecular weight excluding hydrogens is 248 g/mol. The fourth-order valence-corrected chi connectivity index (χ4v) is 1.40. The molecule has 2 nitrogen and oxygen atoms in total. The van der Waals surface area contributed by atoms with E-state index < -0.39 is 0 Å². The van der Waals surface area contributed by atoms with Crippen LogP contribution in [-0.2, 0) is 9.59 Å². The summed E-state index contributed by atoms with van der Waals surface area (Å²) in [6, 6.07) is 0. The average molecular weight is 276 g/mol. The third-order valence-corrected chi connectivity index (χ3v) is 3.20. The number of rotatable bonds is 3. The summed E-state index contributed by atoms with van der Waals surface area (Å²) in [7, 11) is 0. The highest BCUT2D eigenvalue weighted by Gasteiger charge is 2.14. The molecule has 112 valence electrons. The standard InChI is InChI=1S/C9H14O.C6H10.C3H4O/c1-7-3-4-9(6-10)5-8(7)2;1-5(2)6(3)4;1-2-3-4/h6,9H,3-5H2,1-2H3;1,3H2,2,4H3;2-3H,1H2. The number of allylic oxidation sites excluding steroid dienone is 5. The van der Waals surface area contributed by atoms with Gasteiger partial charge < -0.3 is 4.79 Å². The van der Waals surface area contributed by atoms with Crippen molar-refractivity contribution in [2.24, 2.45) is 5.92 Å². The molecule has 20 heavy (non-hydrogen) atoms. The van der Waals surface area contributed by atoms with Gasteiger partial charge >= 0.3 is 0 Å². The van der Waals surface area contributed by atoms with E-state index in [0.717, 1.165) is 36.7 Å². The molecule has 1 aliphatic carbocycles. The number of carbonyl (C=O) groups is 2. The lowest BCUT2D eigenvalue weighted by molar-refractivity contribution is -0.111. The Morgan fingerprint density at radius 1 is 1.10 bits per heavy atom. The molecule has 0 radical (unpaired) electrons. The van der Waals surface area contributed by atoms with Gasteiger partial charge in [-0.2, -0.15) is 0 Å². The van der Waals surface area contributed by atoms with Gasteiger partial charge in [0, 0.05) is 5.92 Å². The third kappa shape index (κ3) is 11.4. The summed E-state index contributed by atoms with van der Waals surface area (Å²) >= 11 is 0. The third-order valence-electron chi connectivity index (χ3n) is 3.20. The van der Waals surface area contributed by atoms with Gasteiger partial charge in [0.25, 0.3) is 0 Å². The molecule has 0 saturated carbocycles. The van der Waals surface area contributed by atoms with Crippen molar-refractivity contribution in [3.8, 4) is 0 Å². The fraction of sp³-hybridized carbons (Fsp3) is 0.444. The summed E-state index contributed by atoms with van der Waals surface area (Å²) in [5, 5.41) is 0. The fourth-order valence-electron chi connectivity index (χ4n) is 1.40. The van der Waals surface area contributed by atoms with Crippen molar-refractivity contribution >= 4 is 12.6 Å². The highest BCUT2D eigenvalue weighted by Crippen LogP contribution is 2.27. The molecule has 0 N–H and O–H groups in total. The van der Waals surface area contributed by atoms with Gasteiger partial charge in [0.15, 0.2) is 0 Å². The number of hydrogen-bond donors (Lipinski definition) is 0. The molecule has 0 amide bonds. The molecule has 0 spiro atoms. The van der Waals surface area contributed by atoms with Gasteiger partial charge in [0.2, 0.25) is 0 Å². The maximum atomic E-state index is 10.4. The second-order valence-corrected chi connectivity index (χ2v) is 5.13. The molecule has 0 bridgehead atoms. The Morgan fingerprint density at radius 2 is 1.55 bits per heavy atom. The summed E-state index contributed by atoms with van der Waals surface area (Å²) in [5.41, 5.74) is 5.03. The van der Waals surface area contributed by atoms with E-state index in [2.05, 4.69) is 33.6 Å². The average Bonchev–Trinajstić information content (AvgIpc) is 2.42. The molecular formula is C18H28O2. The van der Waals surface area contributed by atoms with Gasteiger partial charge in [-0.25, -0.2) is 0 Å². The minimum Gasteiger partial charge on any atom is -0.303 e. The second kappa shape index (κ2) is 12.3. The van der Waals surface area contributed by atoms with Crippen molar-refractivity contribution in [1.82, 2.24) is 0 Å². The van der Waals surface area contributed by atoms with Gasteiger partial charge in [-0.3, -0.25) is 4.79 Å². The molecule has 0 aliphatic heterocycles. The van der Waals surface area contributed by atoms with E-state index in [1.54, 1.807) is 0 Å². The smallest absolute Gasteiger partial charge is 0.142 e. The van der Waals surface area contributed by atoms with E-state index in [0.29, 0.717) is 12.2 Å². The predicted octanol–water partition coefficient (Wildman–Crippen LogP) is 4.83. The first kappa shape index (κ1) is 20.6. The Kier molecular flexibility index (Phi) is 12.7. The number of aldehydes is 2. The Labute approximate surface area is 124 Å². The molecule has 0 aromatic rings. The minimum absolute atomic E-state index is 0.309. The molecule has 1 aliphatic rings. The molecule has 1 unspecified atom stereocenters. The Balaban J connectivity index is 0. The van der Waals surface area contributed by atoms with Crippen LogP contribution in [0.1, 0.15) is 47.0 Å². The Bertz CT molecular complexity index is 368. The van der Waals surface area contributed by atoms with Crippen molar-refractivity contribution in [3.05, 3.63) is 48.1 Å². The van der Waals surface area contributed by atoms with Crippen LogP contribution >= 0.6 is 0 Å². The van der Waals surface area contributed by atoms with E-state index in [9.17, 15) is 4.79 Å². The maximum Gasteiger partial charge on any atom is 0.142 e. The SMILES string of the molecule is C=C(C)C(=C)C.C=CC=O.CC1=C(C)CC(C=O)CC1. The number of carbonyl (C=O) groups excluding carboxylic acids is 2. The molecule has 0 heterocycles. The van der Waals surface area contributed by atoms with Crippen LogP contribution in [0.2, 0.25) is 0 Å². The first-order valence-electron chi connectivity index (χ1n) is 6.78. The van der Waals surface area contributed by atoms with Crippen LogP contribution in [0.4, 0.5) is 0 Å². The van der Waals surface area contributed by atoms with Crippen LogP contribution in [-0.4, -0.2) is 12.6 Å². The number of hydrogen-bond acceptors (Lipinski definition) is 2. The van der Waals surface area contributed by atoms with Crippen molar-refractivity contribution in [1.29, 1.82) is 0 Å². The first-order valence-corrected chi connectivity index (χ1v) is 6.78. The van der Waals surface area contributed by atoms with Gasteiger partial charge in [0.05, 0.1) is 0 Å². The van der Waals surface area contributed by atoms with Crippen LogP contribution in [0, 0.1) is 5.92 Å². The highest BCUT2D eigenvalue weighted by molar-refractivity contribution is 5.63. The first-order chi connectivity index (χ1) is 9.29. The van der Waals surface area contributed by atoms with Crippen LogP contribution in [0.15, 0.2) is 48.1 Å². The molecule has 1 atom stereocenters. The summed E-state index contributed by atoms with van der Waals surface area (Å²) in [6.07, 6.45) is 6.10. The quantitative estimate of drug-likeness (QED) is 0.320. The molecule has 2 heteroatoms. The van der Waals surface area contributed by atoms with Gasteiger partial charge in [-0.05, 0) is 53.0 Å². The van der Waals surface area contributed by atoms with E-state index in [1.807, 2.05) is 13.8 Å². The molecule has 0 aromatic heterocycles. The van der Waals surface area contributed by atoms with E-state index in [-0.39, 0.29) is 0 Å². The van der Waals surface area contributed by atoms with Crippen LogP contribution in [0.3, 0.4) is 0 Å². The van der Waals surface area contributed by atoms with Gasteiger partial charge in [-0.15, -0.1) is 0 Å². The zero-order chi connectivity index (χ0) is 16.1. The molecule has 1 rings (SSSR count). The molecule has 0 fully saturated rings. The van der Waals surface area contributed by atoms with E-state index in [1.165, 1.54) is 17.2 Å². The van der Waals surface area contributed by atoms with Crippen molar-refractivity contribution in [2.75, 3.05) is 0 Å². The summed E-state index contributed by atoms with van der Waals surface area (Å²) in [6.45, 7) is 18.6. The topological polar surface area (TPSA) is 34.1 Å². The van der Waals surface area contributed by atoms with Crippen molar-refractivity contribution < 1.29 is 9.59 Å². The zero-order valence-corrected chi connectivity index (χ0v) is 13.4. The van der Waals surface area contributed by atoms with E-state index in [4.69, 9.17) is 4.79 Å². The normalized spacial score (nSPS) is 16.7. The maximum absolute atomic E-state index is 10.4. The zero-order valence-electron chi connectivity index (χ0n) is 13.4. The minimum atomic E-state index is 0.309.